The van der Waals surface area contributed by atoms with Gasteiger partial charge in [0.1, 0.15) is 17.3 Å². The molecule has 1 heterocycles. The molecule has 94 valence electrons. The van der Waals surface area contributed by atoms with Gasteiger partial charge in [-0.25, -0.2) is 4.39 Å². The average Bonchev–Trinajstić information content (AvgIpc) is 2.70. The maximum atomic E-state index is 13.0. The number of nitrogen functional groups attached to an aromatic ring is 1. The molecule has 2 rings (SSSR count). The highest BCUT2D eigenvalue weighted by atomic mass is 35.5. The van der Waals surface area contributed by atoms with E-state index in [0.29, 0.717) is 0 Å². The number of benzene rings is 1. The molecule has 0 saturated heterocycles. The molecule has 0 atom stereocenters. The number of halogens is 3. The molecule has 0 aliphatic carbocycles. The molecule has 0 spiro atoms. The van der Waals surface area contributed by atoms with Gasteiger partial charge in [-0.15, -0.1) is 0 Å². The molecule has 0 saturated carbocycles. The molecule has 5 nitrogen and oxygen atoms in total. The van der Waals surface area contributed by atoms with E-state index in [1.54, 1.807) is 0 Å². The first-order valence-electron chi connectivity index (χ1n) is 4.74. The first-order valence-corrected chi connectivity index (χ1v) is 5.49. The van der Waals surface area contributed by atoms with Crippen molar-refractivity contribution in [2.45, 2.75) is 0 Å². The SMILES string of the molecule is Nc1cc(C(=O)Nc2c(Cl)cc(F)cc2Cl)[nH]n1. The lowest BCUT2D eigenvalue weighted by molar-refractivity contribution is 0.102. The van der Waals surface area contributed by atoms with Crippen LogP contribution in [0.3, 0.4) is 0 Å². The number of anilines is 2. The molecule has 0 unspecified atom stereocenters. The van der Waals surface area contributed by atoms with E-state index in [-0.39, 0.29) is 27.2 Å². The summed E-state index contributed by atoms with van der Waals surface area (Å²) in [4.78, 5) is 11.8. The van der Waals surface area contributed by atoms with Crippen LogP contribution < -0.4 is 11.1 Å². The molecule has 0 aliphatic rings. The molecule has 0 bridgehead atoms. The van der Waals surface area contributed by atoms with Gasteiger partial charge in [-0.2, -0.15) is 5.10 Å². The van der Waals surface area contributed by atoms with Gasteiger partial charge < -0.3 is 11.1 Å². The summed E-state index contributed by atoms with van der Waals surface area (Å²) in [6, 6.07) is 3.44. The molecule has 0 aliphatic heterocycles. The highest BCUT2D eigenvalue weighted by molar-refractivity contribution is 6.40. The van der Waals surface area contributed by atoms with Crippen LogP contribution in [-0.4, -0.2) is 16.1 Å². The van der Waals surface area contributed by atoms with Crippen LogP contribution in [0.5, 0.6) is 0 Å². The van der Waals surface area contributed by atoms with Crippen molar-refractivity contribution in [2.24, 2.45) is 0 Å². The van der Waals surface area contributed by atoms with Crippen molar-refractivity contribution in [1.29, 1.82) is 0 Å². The normalized spacial score (nSPS) is 10.4. The zero-order chi connectivity index (χ0) is 13.3. The van der Waals surface area contributed by atoms with Crippen molar-refractivity contribution in [3.8, 4) is 0 Å². The van der Waals surface area contributed by atoms with Crippen LogP contribution in [0.25, 0.3) is 0 Å². The highest BCUT2D eigenvalue weighted by Crippen LogP contribution is 2.31. The van der Waals surface area contributed by atoms with Crippen LogP contribution in [-0.2, 0) is 0 Å². The Morgan fingerprint density at radius 3 is 2.44 bits per heavy atom. The number of H-pyrrole nitrogens is 1. The smallest absolute Gasteiger partial charge is 0.273 e. The minimum atomic E-state index is -0.589. The maximum absolute atomic E-state index is 13.0. The number of aromatic nitrogens is 2. The van der Waals surface area contributed by atoms with E-state index in [4.69, 9.17) is 28.9 Å². The number of rotatable bonds is 2. The van der Waals surface area contributed by atoms with Crippen molar-refractivity contribution in [2.75, 3.05) is 11.1 Å². The fraction of sp³-hybridized carbons (Fsp3) is 0. The van der Waals surface area contributed by atoms with E-state index < -0.39 is 11.7 Å². The van der Waals surface area contributed by atoms with E-state index >= 15 is 0 Å². The van der Waals surface area contributed by atoms with Crippen molar-refractivity contribution in [3.63, 3.8) is 0 Å². The van der Waals surface area contributed by atoms with Gasteiger partial charge >= 0.3 is 0 Å². The van der Waals surface area contributed by atoms with E-state index in [1.165, 1.54) is 6.07 Å². The van der Waals surface area contributed by atoms with Crippen LogP contribution in [0, 0.1) is 5.82 Å². The Morgan fingerprint density at radius 2 is 1.94 bits per heavy atom. The quantitative estimate of drug-likeness (QED) is 0.794. The zero-order valence-corrected chi connectivity index (χ0v) is 10.3. The Hall–Kier alpha value is -1.79. The van der Waals surface area contributed by atoms with Gasteiger partial charge in [0.25, 0.3) is 5.91 Å². The Balaban J connectivity index is 2.27. The van der Waals surface area contributed by atoms with Gasteiger partial charge in [0, 0.05) is 6.07 Å². The third kappa shape index (κ3) is 2.55. The second-order valence-electron chi connectivity index (χ2n) is 3.41. The minimum absolute atomic E-state index is 0.000775. The predicted octanol–water partition coefficient (Wildman–Crippen LogP) is 2.69. The van der Waals surface area contributed by atoms with Crippen LogP contribution in [0.2, 0.25) is 10.0 Å². The lowest BCUT2D eigenvalue weighted by Gasteiger charge is -2.08. The third-order valence-electron chi connectivity index (χ3n) is 2.09. The number of hydrogen-bond acceptors (Lipinski definition) is 3. The number of carbonyl (C=O) groups is 1. The molecule has 2 aromatic rings. The van der Waals surface area contributed by atoms with E-state index in [9.17, 15) is 9.18 Å². The molecular weight excluding hydrogens is 282 g/mol. The zero-order valence-electron chi connectivity index (χ0n) is 8.80. The van der Waals surface area contributed by atoms with E-state index in [2.05, 4.69) is 15.5 Å². The Kier molecular flexibility index (Phi) is 3.40. The van der Waals surface area contributed by atoms with Crippen LogP contribution in [0.15, 0.2) is 18.2 Å². The standard InChI is InChI=1S/C10H7Cl2FN4O/c11-5-1-4(13)2-6(12)9(5)15-10(18)7-3-8(14)17-16-7/h1-3H,(H,15,18)(H3,14,16,17). The van der Waals surface area contributed by atoms with Crippen LogP contribution in [0.1, 0.15) is 10.5 Å². The maximum Gasteiger partial charge on any atom is 0.273 e. The summed E-state index contributed by atoms with van der Waals surface area (Å²) in [7, 11) is 0. The largest absolute Gasteiger partial charge is 0.382 e. The summed E-state index contributed by atoms with van der Waals surface area (Å²) in [5, 5.41) is 8.47. The summed E-state index contributed by atoms with van der Waals surface area (Å²) in [6.07, 6.45) is 0. The molecule has 1 aromatic carbocycles. The first-order chi connectivity index (χ1) is 8.47. The number of hydrogen-bond donors (Lipinski definition) is 3. The number of nitrogens with one attached hydrogen (secondary N) is 2. The Bertz CT molecular complexity index is 591. The van der Waals surface area contributed by atoms with E-state index in [0.717, 1.165) is 12.1 Å². The van der Waals surface area contributed by atoms with Crippen molar-refractivity contribution in [1.82, 2.24) is 10.2 Å². The Morgan fingerprint density at radius 1 is 1.33 bits per heavy atom. The number of nitrogens with two attached hydrogens (primary N) is 1. The summed E-state index contributed by atoms with van der Waals surface area (Å²) in [6.45, 7) is 0. The summed E-state index contributed by atoms with van der Waals surface area (Å²) in [5.74, 6) is -0.945. The molecular formula is C10H7Cl2FN4O. The second-order valence-corrected chi connectivity index (χ2v) is 4.22. The molecule has 0 fully saturated rings. The second kappa shape index (κ2) is 4.83. The van der Waals surface area contributed by atoms with E-state index in [1.807, 2.05) is 0 Å². The van der Waals surface area contributed by atoms with Crippen molar-refractivity contribution < 1.29 is 9.18 Å². The molecule has 1 aromatic heterocycles. The molecule has 4 N–H and O–H groups in total. The minimum Gasteiger partial charge on any atom is -0.382 e. The summed E-state index contributed by atoms with van der Waals surface area (Å²) >= 11 is 11.6. The van der Waals surface area contributed by atoms with Crippen LogP contribution >= 0.6 is 23.2 Å². The van der Waals surface area contributed by atoms with Gasteiger partial charge in [0.2, 0.25) is 0 Å². The average molecular weight is 289 g/mol. The lowest BCUT2D eigenvalue weighted by Crippen LogP contribution is -2.13. The lowest BCUT2D eigenvalue weighted by atomic mass is 10.3. The summed E-state index contributed by atoms with van der Waals surface area (Å²) < 4.78 is 13.0. The molecule has 0 radical (unpaired) electrons. The Labute approximate surface area is 111 Å². The topological polar surface area (TPSA) is 83.8 Å². The van der Waals surface area contributed by atoms with Gasteiger partial charge in [-0.1, -0.05) is 23.2 Å². The first kappa shape index (κ1) is 12.7. The number of aromatic amines is 1. The van der Waals surface area contributed by atoms with Crippen LogP contribution in [0.4, 0.5) is 15.9 Å². The number of carbonyl (C=O) groups excluding carboxylic acids is 1. The van der Waals surface area contributed by atoms with Gasteiger partial charge in [-0.05, 0) is 12.1 Å². The number of amides is 1. The highest BCUT2D eigenvalue weighted by Gasteiger charge is 2.14. The van der Waals surface area contributed by atoms with Gasteiger partial charge in [0.05, 0.1) is 15.7 Å². The number of nitrogens with zero attached hydrogens (tertiary/aromatic N) is 1. The molecule has 8 heteroatoms. The summed E-state index contributed by atoms with van der Waals surface area (Å²) in [5.41, 5.74) is 5.63. The molecule has 1 amide bonds. The van der Waals surface area contributed by atoms with Crippen molar-refractivity contribution >= 4 is 40.6 Å². The van der Waals surface area contributed by atoms with Gasteiger partial charge in [-0.3, -0.25) is 9.89 Å². The fourth-order valence-electron chi connectivity index (χ4n) is 1.30. The monoisotopic (exact) mass is 288 g/mol. The third-order valence-corrected chi connectivity index (χ3v) is 2.68. The predicted molar refractivity (Wildman–Crippen MR) is 67.4 cm³/mol. The molecule has 18 heavy (non-hydrogen) atoms. The fourth-order valence-corrected chi connectivity index (χ4v) is 1.85. The van der Waals surface area contributed by atoms with Gasteiger partial charge in [0.15, 0.2) is 0 Å². The van der Waals surface area contributed by atoms with Crippen molar-refractivity contribution in [3.05, 3.63) is 39.8 Å².